The van der Waals surface area contributed by atoms with Crippen LogP contribution in [0.15, 0.2) is 35.4 Å². The molecule has 1 N–H and O–H groups in total. The first-order chi connectivity index (χ1) is 8.09. The Bertz CT molecular complexity index is 436. The van der Waals surface area contributed by atoms with Crippen molar-refractivity contribution in [2.75, 3.05) is 19.4 Å². The predicted molar refractivity (Wildman–Crippen MR) is 72.0 cm³/mol. The number of hydrazone groups is 1. The number of benzene rings is 1. The molecule has 0 unspecified atom stereocenters. The fraction of sp³-hybridized carbons (Fsp3) is 0.231. The quantitative estimate of drug-likeness (QED) is 0.637. The molecule has 0 atom stereocenters. The molecule has 0 aliphatic rings. The Morgan fingerprint density at radius 2 is 2.06 bits per heavy atom. The minimum absolute atomic E-state index is 0.0761. The second kappa shape index (κ2) is 6.48. The van der Waals surface area contributed by atoms with Crippen LogP contribution in [0.2, 0.25) is 0 Å². The monoisotopic (exact) mass is 231 g/mol. The summed E-state index contributed by atoms with van der Waals surface area (Å²) in [6.45, 7) is 1.49. The van der Waals surface area contributed by atoms with Gasteiger partial charge >= 0.3 is 0 Å². The van der Waals surface area contributed by atoms with Crippen molar-refractivity contribution >= 4 is 23.9 Å². The lowest BCUT2D eigenvalue weighted by atomic mass is 10.1. The van der Waals surface area contributed by atoms with Crippen molar-refractivity contribution in [3.8, 4) is 0 Å². The minimum atomic E-state index is -0.0761. The van der Waals surface area contributed by atoms with Crippen molar-refractivity contribution in [1.29, 1.82) is 0 Å². The smallest absolute Gasteiger partial charge is 0.221 e. The van der Waals surface area contributed by atoms with E-state index >= 15 is 0 Å². The Hall–Kier alpha value is -2.10. The SMILES string of the molecule is CC(=O)Nc1ccccc1/C=C/C=N/N(C)C. The third kappa shape index (κ3) is 4.97. The van der Waals surface area contributed by atoms with E-state index in [0.717, 1.165) is 11.3 Å². The molecule has 90 valence electrons. The molecule has 0 aromatic heterocycles. The average molecular weight is 231 g/mol. The number of carbonyl (C=O) groups is 1. The van der Waals surface area contributed by atoms with Gasteiger partial charge in [0.25, 0.3) is 0 Å². The Balaban J connectivity index is 2.79. The second-order valence-corrected chi connectivity index (χ2v) is 3.74. The molecule has 17 heavy (non-hydrogen) atoms. The summed E-state index contributed by atoms with van der Waals surface area (Å²) in [5.41, 5.74) is 1.75. The van der Waals surface area contributed by atoms with E-state index in [0.29, 0.717) is 0 Å². The van der Waals surface area contributed by atoms with Crippen LogP contribution in [-0.2, 0) is 4.79 Å². The van der Waals surface area contributed by atoms with Gasteiger partial charge in [0.1, 0.15) is 0 Å². The van der Waals surface area contributed by atoms with E-state index in [-0.39, 0.29) is 5.91 Å². The van der Waals surface area contributed by atoms with E-state index in [9.17, 15) is 4.79 Å². The third-order valence-corrected chi connectivity index (χ3v) is 1.93. The van der Waals surface area contributed by atoms with E-state index in [4.69, 9.17) is 0 Å². The highest BCUT2D eigenvalue weighted by Crippen LogP contribution is 2.16. The number of nitrogens with one attached hydrogen (secondary N) is 1. The van der Waals surface area contributed by atoms with Crippen molar-refractivity contribution in [3.63, 3.8) is 0 Å². The zero-order chi connectivity index (χ0) is 12.7. The van der Waals surface area contributed by atoms with E-state index in [1.807, 2.05) is 50.5 Å². The predicted octanol–water partition coefficient (Wildman–Crippen LogP) is 2.21. The number of anilines is 1. The molecule has 0 fully saturated rings. The molecule has 0 radical (unpaired) electrons. The first-order valence-electron chi connectivity index (χ1n) is 5.34. The molecule has 0 heterocycles. The van der Waals surface area contributed by atoms with Crippen LogP contribution in [0.25, 0.3) is 6.08 Å². The molecule has 1 amide bonds. The summed E-state index contributed by atoms with van der Waals surface area (Å²) < 4.78 is 0. The largest absolute Gasteiger partial charge is 0.326 e. The molecule has 0 aliphatic carbocycles. The molecule has 4 nitrogen and oxygen atoms in total. The van der Waals surface area contributed by atoms with Gasteiger partial charge < -0.3 is 10.3 Å². The topological polar surface area (TPSA) is 44.7 Å². The van der Waals surface area contributed by atoms with Crippen LogP contribution in [0.4, 0.5) is 5.69 Å². The van der Waals surface area contributed by atoms with Crippen molar-refractivity contribution in [2.45, 2.75) is 6.92 Å². The lowest BCUT2D eigenvalue weighted by Gasteiger charge is -2.05. The van der Waals surface area contributed by atoms with E-state index in [1.165, 1.54) is 6.92 Å². The van der Waals surface area contributed by atoms with E-state index in [1.54, 1.807) is 11.2 Å². The van der Waals surface area contributed by atoms with Crippen molar-refractivity contribution in [3.05, 3.63) is 35.9 Å². The van der Waals surface area contributed by atoms with Gasteiger partial charge in [-0.25, -0.2) is 0 Å². The molecule has 0 saturated carbocycles. The van der Waals surface area contributed by atoms with Crippen molar-refractivity contribution in [1.82, 2.24) is 5.01 Å². The normalized spacial score (nSPS) is 11.0. The summed E-state index contributed by atoms with van der Waals surface area (Å²) in [7, 11) is 3.71. The van der Waals surface area contributed by atoms with Crippen LogP contribution < -0.4 is 5.32 Å². The number of rotatable bonds is 4. The van der Waals surface area contributed by atoms with Gasteiger partial charge in [0, 0.05) is 32.9 Å². The first kappa shape index (κ1) is 13.0. The summed E-state index contributed by atoms with van der Waals surface area (Å²) in [6.07, 6.45) is 5.43. The van der Waals surface area contributed by atoms with Crippen molar-refractivity contribution in [2.24, 2.45) is 5.10 Å². The number of para-hydroxylation sites is 1. The molecule has 0 spiro atoms. The summed E-state index contributed by atoms with van der Waals surface area (Å²) >= 11 is 0. The van der Waals surface area contributed by atoms with E-state index < -0.39 is 0 Å². The number of amides is 1. The maximum atomic E-state index is 11.0. The minimum Gasteiger partial charge on any atom is -0.326 e. The highest BCUT2D eigenvalue weighted by Gasteiger charge is 1.98. The molecule has 1 aromatic rings. The highest BCUT2D eigenvalue weighted by molar-refractivity contribution is 5.92. The fourth-order valence-corrected chi connectivity index (χ4v) is 1.26. The van der Waals surface area contributed by atoms with Gasteiger partial charge in [0.2, 0.25) is 5.91 Å². The molecule has 0 aliphatic heterocycles. The van der Waals surface area contributed by atoms with Gasteiger partial charge in [0.05, 0.1) is 0 Å². The number of hydrogen-bond acceptors (Lipinski definition) is 3. The van der Waals surface area contributed by atoms with Gasteiger partial charge in [-0.1, -0.05) is 24.3 Å². The average Bonchev–Trinajstić information content (AvgIpc) is 2.25. The summed E-state index contributed by atoms with van der Waals surface area (Å²) in [5, 5.41) is 8.55. The van der Waals surface area contributed by atoms with E-state index in [2.05, 4.69) is 10.4 Å². The third-order valence-electron chi connectivity index (χ3n) is 1.93. The van der Waals surface area contributed by atoms with Crippen LogP contribution in [0, 0.1) is 0 Å². The zero-order valence-electron chi connectivity index (χ0n) is 10.3. The van der Waals surface area contributed by atoms with Gasteiger partial charge in [-0.05, 0) is 17.7 Å². The Morgan fingerprint density at radius 3 is 2.71 bits per heavy atom. The molecule has 4 heteroatoms. The second-order valence-electron chi connectivity index (χ2n) is 3.74. The van der Waals surface area contributed by atoms with Crippen LogP contribution in [0.3, 0.4) is 0 Å². The number of allylic oxidation sites excluding steroid dienone is 1. The standard InChI is InChI=1S/C13H17N3O/c1-11(17)15-13-9-5-4-7-12(13)8-6-10-14-16(2)3/h4-10H,1-3H3,(H,15,17)/b8-6+,14-10+. The lowest BCUT2D eigenvalue weighted by molar-refractivity contribution is -0.114. The summed E-state index contributed by atoms with van der Waals surface area (Å²) in [5.74, 6) is -0.0761. The summed E-state index contributed by atoms with van der Waals surface area (Å²) in [6, 6.07) is 7.61. The number of nitrogens with zero attached hydrogens (tertiary/aromatic N) is 2. The maximum Gasteiger partial charge on any atom is 0.221 e. The molecule has 1 rings (SSSR count). The Morgan fingerprint density at radius 1 is 1.35 bits per heavy atom. The van der Waals surface area contributed by atoms with Gasteiger partial charge in [0.15, 0.2) is 0 Å². The van der Waals surface area contributed by atoms with Gasteiger partial charge in [-0.3, -0.25) is 4.79 Å². The van der Waals surface area contributed by atoms with Crippen LogP contribution in [0.1, 0.15) is 12.5 Å². The lowest BCUT2D eigenvalue weighted by Crippen LogP contribution is -2.06. The maximum absolute atomic E-state index is 11.0. The molecule has 0 saturated heterocycles. The molecule has 1 aromatic carbocycles. The molecule has 0 bridgehead atoms. The van der Waals surface area contributed by atoms with Crippen LogP contribution >= 0.6 is 0 Å². The number of carbonyl (C=O) groups excluding carboxylic acids is 1. The van der Waals surface area contributed by atoms with Gasteiger partial charge in [-0.2, -0.15) is 5.10 Å². The first-order valence-corrected chi connectivity index (χ1v) is 5.34. The molecular weight excluding hydrogens is 214 g/mol. The number of hydrogen-bond donors (Lipinski definition) is 1. The fourth-order valence-electron chi connectivity index (χ4n) is 1.26. The Labute approximate surface area is 102 Å². The zero-order valence-corrected chi connectivity index (χ0v) is 10.3. The Kier molecular flexibility index (Phi) is 4.94. The van der Waals surface area contributed by atoms with Crippen molar-refractivity contribution < 1.29 is 4.79 Å². The highest BCUT2D eigenvalue weighted by atomic mass is 16.1. The van der Waals surface area contributed by atoms with Crippen LogP contribution in [0.5, 0.6) is 0 Å². The molecular formula is C13H17N3O. The summed E-state index contributed by atoms with van der Waals surface area (Å²) in [4.78, 5) is 11.0. The van der Waals surface area contributed by atoms with Gasteiger partial charge in [-0.15, -0.1) is 0 Å². The van der Waals surface area contributed by atoms with Crippen LogP contribution in [-0.4, -0.2) is 31.2 Å².